The van der Waals surface area contributed by atoms with Gasteiger partial charge in [-0.15, -0.1) is 11.8 Å². The van der Waals surface area contributed by atoms with Gasteiger partial charge in [0.1, 0.15) is 19.0 Å². The maximum atomic E-state index is 13.0. The van der Waals surface area contributed by atoms with Gasteiger partial charge >= 0.3 is 5.97 Å². The van der Waals surface area contributed by atoms with Crippen molar-refractivity contribution in [3.63, 3.8) is 0 Å². The molecule has 1 aliphatic rings. The number of carbonyl (C=O) groups excluding carboxylic acids is 2. The van der Waals surface area contributed by atoms with Crippen molar-refractivity contribution in [3.8, 4) is 11.5 Å². The van der Waals surface area contributed by atoms with E-state index in [0.717, 1.165) is 15.1 Å². The molecule has 2 aromatic carbocycles. The van der Waals surface area contributed by atoms with E-state index < -0.39 is 0 Å². The second-order valence-corrected chi connectivity index (χ2v) is 8.63. The van der Waals surface area contributed by atoms with E-state index >= 15 is 0 Å². The molecular formula is C21H19FN2O5S2. The Labute approximate surface area is 185 Å². The van der Waals surface area contributed by atoms with Crippen LogP contribution in [0.1, 0.15) is 6.42 Å². The molecule has 0 bridgehead atoms. The quantitative estimate of drug-likeness (QED) is 0.413. The molecule has 4 rings (SSSR count). The number of ether oxygens (including phenoxy) is 3. The number of benzene rings is 2. The van der Waals surface area contributed by atoms with Crippen LogP contribution in [0, 0.1) is 5.82 Å². The third kappa shape index (κ3) is 5.08. The standard InChI is InChI=1S/C21H19FN2O5S2/c1-27-20(26)6-7-24-15-10-16-17(29-9-8-28-16)11-18(15)31-21(24)23-19(25)12-30-14-4-2-13(22)3-5-14/h2-5,10-11H,6-9,12H2,1H3. The van der Waals surface area contributed by atoms with Crippen LogP contribution in [0.3, 0.4) is 0 Å². The van der Waals surface area contributed by atoms with Crippen LogP contribution in [0.4, 0.5) is 4.39 Å². The number of carbonyl (C=O) groups is 2. The summed E-state index contributed by atoms with van der Waals surface area (Å²) in [5.74, 6) is 0.365. The maximum Gasteiger partial charge on any atom is 0.307 e. The summed E-state index contributed by atoms with van der Waals surface area (Å²) < 4.78 is 31.8. The molecule has 1 amide bonds. The molecule has 0 saturated carbocycles. The summed E-state index contributed by atoms with van der Waals surface area (Å²) in [5.41, 5.74) is 0.802. The van der Waals surface area contributed by atoms with Crippen molar-refractivity contribution in [2.24, 2.45) is 4.99 Å². The number of fused-ring (bicyclic) bond motifs is 2. The van der Waals surface area contributed by atoms with Crippen molar-refractivity contribution in [3.05, 3.63) is 47.0 Å². The molecule has 2 heterocycles. The Hall–Kier alpha value is -2.85. The maximum absolute atomic E-state index is 13.0. The molecule has 7 nitrogen and oxygen atoms in total. The average Bonchev–Trinajstić information content (AvgIpc) is 3.11. The van der Waals surface area contributed by atoms with Crippen molar-refractivity contribution < 1.29 is 28.2 Å². The number of nitrogens with zero attached hydrogens (tertiary/aromatic N) is 2. The first-order valence-corrected chi connectivity index (χ1v) is 11.3. The molecule has 10 heteroatoms. The molecule has 162 valence electrons. The predicted octanol–water partition coefficient (Wildman–Crippen LogP) is 3.40. The first kappa shape index (κ1) is 21.4. The number of thioether (sulfide) groups is 1. The van der Waals surface area contributed by atoms with Crippen LogP contribution in [0.2, 0.25) is 0 Å². The summed E-state index contributed by atoms with van der Waals surface area (Å²) in [6, 6.07) is 9.64. The minimum atomic E-state index is -0.353. The van der Waals surface area contributed by atoms with Crippen LogP contribution >= 0.6 is 23.1 Å². The average molecular weight is 463 g/mol. The number of aryl methyl sites for hydroxylation is 1. The molecular weight excluding hydrogens is 443 g/mol. The zero-order chi connectivity index (χ0) is 21.8. The number of hydrogen-bond donors (Lipinski definition) is 0. The molecule has 0 unspecified atom stereocenters. The fraction of sp³-hybridized carbons (Fsp3) is 0.286. The van der Waals surface area contributed by atoms with Crippen molar-refractivity contribution in [2.75, 3.05) is 26.1 Å². The number of aromatic nitrogens is 1. The zero-order valence-corrected chi connectivity index (χ0v) is 18.3. The van der Waals surface area contributed by atoms with Crippen molar-refractivity contribution in [1.82, 2.24) is 4.57 Å². The van der Waals surface area contributed by atoms with E-state index in [-0.39, 0.29) is 29.9 Å². The molecule has 0 saturated heterocycles. The van der Waals surface area contributed by atoms with E-state index in [9.17, 15) is 14.0 Å². The lowest BCUT2D eigenvalue weighted by Gasteiger charge is -2.18. The van der Waals surface area contributed by atoms with E-state index in [1.165, 1.54) is 42.3 Å². The number of halogens is 1. The highest BCUT2D eigenvalue weighted by atomic mass is 32.2. The summed E-state index contributed by atoms with van der Waals surface area (Å²) in [7, 11) is 1.34. The number of thiazole rings is 1. The second kappa shape index (κ2) is 9.52. The first-order chi connectivity index (χ1) is 15.0. The van der Waals surface area contributed by atoms with Crippen LogP contribution in [0.25, 0.3) is 10.2 Å². The predicted molar refractivity (Wildman–Crippen MR) is 115 cm³/mol. The summed E-state index contributed by atoms with van der Waals surface area (Å²) in [6.07, 6.45) is 0.141. The molecule has 0 aliphatic carbocycles. The van der Waals surface area contributed by atoms with E-state index in [4.69, 9.17) is 14.2 Å². The van der Waals surface area contributed by atoms with E-state index in [1.54, 1.807) is 12.1 Å². The summed E-state index contributed by atoms with van der Waals surface area (Å²) >= 11 is 2.62. The van der Waals surface area contributed by atoms with Crippen LogP contribution in [-0.4, -0.2) is 42.5 Å². The zero-order valence-electron chi connectivity index (χ0n) is 16.6. The lowest BCUT2D eigenvalue weighted by molar-refractivity contribution is -0.140. The number of esters is 1. The van der Waals surface area contributed by atoms with Gasteiger partial charge in [-0.3, -0.25) is 9.59 Å². The lowest BCUT2D eigenvalue weighted by Crippen LogP contribution is -2.20. The molecule has 0 spiro atoms. The van der Waals surface area contributed by atoms with Crippen LogP contribution in [0.15, 0.2) is 46.3 Å². The van der Waals surface area contributed by atoms with Crippen molar-refractivity contribution in [1.29, 1.82) is 0 Å². The van der Waals surface area contributed by atoms with Crippen LogP contribution < -0.4 is 14.3 Å². The lowest BCUT2D eigenvalue weighted by atomic mass is 10.2. The Morgan fingerprint density at radius 3 is 2.61 bits per heavy atom. The molecule has 31 heavy (non-hydrogen) atoms. The van der Waals surface area contributed by atoms with Crippen LogP contribution in [-0.2, 0) is 20.9 Å². The van der Waals surface area contributed by atoms with Gasteiger partial charge in [0.2, 0.25) is 0 Å². The summed E-state index contributed by atoms with van der Waals surface area (Å²) in [5, 5.41) is 0. The minimum absolute atomic E-state index is 0.111. The Kier molecular flexibility index (Phi) is 6.57. The van der Waals surface area contributed by atoms with E-state index in [1.807, 2.05) is 16.7 Å². The van der Waals surface area contributed by atoms with Gasteiger partial charge in [-0.2, -0.15) is 4.99 Å². The van der Waals surface area contributed by atoms with Gasteiger partial charge in [0.05, 0.1) is 29.5 Å². The third-order valence-corrected chi connectivity index (χ3v) is 6.55. The van der Waals surface area contributed by atoms with E-state index in [2.05, 4.69) is 4.99 Å². The Morgan fingerprint density at radius 1 is 1.19 bits per heavy atom. The normalized spacial score (nSPS) is 13.4. The smallest absolute Gasteiger partial charge is 0.307 e. The SMILES string of the molecule is COC(=O)CCn1c(=NC(=O)CSc2ccc(F)cc2)sc2cc3c(cc21)OCCO3. The fourth-order valence-corrected chi connectivity index (χ4v) is 4.79. The molecule has 0 fully saturated rings. The Bertz CT molecular complexity index is 1190. The molecule has 1 aromatic heterocycles. The highest BCUT2D eigenvalue weighted by Gasteiger charge is 2.17. The largest absolute Gasteiger partial charge is 0.486 e. The number of amides is 1. The van der Waals surface area contributed by atoms with Gasteiger partial charge in [0, 0.05) is 23.6 Å². The van der Waals surface area contributed by atoms with Crippen molar-refractivity contribution >= 4 is 45.2 Å². The highest BCUT2D eigenvalue weighted by Crippen LogP contribution is 2.35. The molecule has 1 aliphatic heterocycles. The summed E-state index contributed by atoms with van der Waals surface area (Å²) in [4.78, 5) is 29.7. The fourth-order valence-electron chi connectivity index (χ4n) is 3.03. The third-order valence-electron chi connectivity index (χ3n) is 4.51. The number of methoxy groups -OCH3 is 1. The first-order valence-electron chi connectivity index (χ1n) is 9.49. The Balaban J connectivity index is 1.64. The number of hydrogen-bond acceptors (Lipinski definition) is 7. The van der Waals surface area contributed by atoms with Gasteiger partial charge in [-0.05, 0) is 24.3 Å². The Morgan fingerprint density at radius 2 is 1.90 bits per heavy atom. The molecule has 0 radical (unpaired) electrons. The second-order valence-electron chi connectivity index (χ2n) is 6.57. The van der Waals surface area contributed by atoms with Gasteiger partial charge < -0.3 is 18.8 Å². The minimum Gasteiger partial charge on any atom is -0.486 e. The van der Waals surface area contributed by atoms with Gasteiger partial charge in [0.15, 0.2) is 16.3 Å². The van der Waals surface area contributed by atoms with Gasteiger partial charge in [0.25, 0.3) is 5.91 Å². The summed E-state index contributed by atoms with van der Waals surface area (Å²) in [6.45, 7) is 1.24. The monoisotopic (exact) mass is 462 g/mol. The number of rotatable bonds is 6. The van der Waals surface area contributed by atoms with Gasteiger partial charge in [-0.1, -0.05) is 11.3 Å². The van der Waals surface area contributed by atoms with E-state index in [0.29, 0.717) is 36.1 Å². The molecule has 0 N–H and O–H groups in total. The highest BCUT2D eigenvalue weighted by molar-refractivity contribution is 8.00. The molecule has 3 aromatic rings. The van der Waals surface area contributed by atoms with Gasteiger partial charge in [-0.25, -0.2) is 4.39 Å². The van der Waals surface area contributed by atoms with Crippen molar-refractivity contribution in [2.45, 2.75) is 17.9 Å². The molecule has 0 atom stereocenters. The van der Waals surface area contributed by atoms with Crippen LogP contribution in [0.5, 0.6) is 11.5 Å². The topological polar surface area (TPSA) is 79.1 Å².